The first-order chi connectivity index (χ1) is 14.5. The van der Waals surface area contributed by atoms with E-state index in [0.29, 0.717) is 18.6 Å². The van der Waals surface area contributed by atoms with Gasteiger partial charge in [-0.2, -0.15) is 0 Å². The summed E-state index contributed by atoms with van der Waals surface area (Å²) in [5.41, 5.74) is 1.44. The molecule has 0 aliphatic carbocycles. The first-order valence-corrected chi connectivity index (χ1v) is 10.0. The molecule has 2 heterocycles. The topological polar surface area (TPSA) is 45.6 Å². The van der Waals surface area contributed by atoms with Crippen LogP contribution in [0, 0.1) is 5.82 Å². The predicted octanol–water partition coefficient (Wildman–Crippen LogP) is 3.15. The molecule has 0 spiro atoms. The maximum atomic E-state index is 13.6. The SMILES string of the molecule is Cn1cc(C(=O)N2CCN(C/C=C/c3ccccc3)CC2)c(=O)c2cc(F)ccc21. The van der Waals surface area contributed by atoms with E-state index < -0.39 is 11.2 Å². The van der Waals surface area contributed by atoms with Gasteiger partial charge < -0.3 is 9.47 Å². The normalized spacial score (nSPS) is 15.2. The van der Waals surface area contributed by atoms with E-state index in [9.17, 15) is 14.0 Å². The first-order valence-electron chi connectivity index (χ1n) is 10.0. The Morgan fingerprint density at radius 3 is 2.53 bits per heavy atom. The van der Waals surface area contributed by atoms with E-state index in [-0.39, 0.29) is 16.9 Å². The summed E-state index contributed by atoms with van der Waals surface area (Å²) in [4.78, 5) is 29.8. The van der Waals surface area contributed by atoms with Gasteiger partial charge in [0.2, 0.25) is 5.43 Å². The van der Waals surface area contributed by atoms with Crippen molar-refractivity contribution in [2.24, 2.45) is 7.05 Å². The van der Waals surface area contributed by atoms with E-state index >= 15 is 0 Å². The highest BCUT2D eigenvalue weighted by Crippen LogP contribution is 2.14. The number of fused-ring (bicyclic) bond motifs is 1. The van der Waals surface area contributed by atoms with E-state index in [4.69, 9.17) is 0 Å². The Labute approximate surface area is 174 Å². The van der Waals surface area contributed by atoms with Crippen LogP contribution in [0.4, 0.5) is 4.39 Å². The van der Waals surface area contributed by atoms with Gasteiger partial charge in [0, 0.05) is 51.4 Å². The van der Waals surface area contributed by atoms with Gasteiger partial charge in [0.05, 0.1) is 5.52 Å². The van der Waals surface area contributed by atoms with Crippen molar-refractivity contribution in [3.05, 3.63) is 88.0 Å². The molecule has 1 amide bonds. The number of pyridine rings is 1. The van der Waals surface area contributed by atoms with Crippen molar-refractivity contribution >= 4 is 22.9 Å². The molecule has 1 aromatic heterocycles. The number of piperazine rings is 1. The van der Waals surface area contributed by atoms with Crippen molar-refractivity contribution in [2.45, 2.75) is 0 Å². The van der Waals surface area contributed by atoms with E-state index in [1.165, 1.54) is 12.1 Å². The molecule has 1 aliphatic rings. The first kappa shape index (κ1) is 20.0. The Bertz CT molecular complexity index is 1150. The molecular formula is C24H24FN3O2. The number of aromatic nitrogens is 1. The fraction of sp³-hybridized carbons (Fsp3) is 0.250. The lowest BCUT2D eigenvalue weighted by molar-refractivity contribution is 0.0648. The Balaban J connectivity index is 1.43. The minimum absolute atomic E-state index is 0.0908. The summed E-state index contributed by atoms with van der Waals surface area (Å²) >= 11 is 0. The van der Waals surface area contributed by atoms with Crippen LogP contribution in [0.3, 0.4) is 0 Å². The molecule has 4 rings (SSSR count). The second-order valence-electron chi connectivity index (χ2n) is 7.55. The van der Waals surface area contributed by atoms with Crippen LogP contribution in [0.25, 0.3) is 17.0 Å². The van der Waals surface area contributed by atoms with Crippen LogP contribution in [0.15, 0.2) is 65.6 Å². The van der Waals surface area contributed by atoms with E-state index in [1.807, 2.05) is 18.2 Å². The number of carbonyl (C=O) groups is 1. The highest BCUT2D eigenvalue weighted by molar-refractivity contribution is 5.97. The maximum Gasteiger partial charge on any atom is 0.259 e. The quantitative estimate of drug-likeness (QED) is 0.670. The number of benzene rings is 2. The molecular weight excluding hydrogens is 381 g/mol. The Morgan fingerprint density at radius 2 is 1.80 bits per heavy atom. The van der Waals surface area contributed by atoms with E-state index in [1.54, 1.807) is 28.8 Å². The highest BCUT2D eigenvalue weighted by atomic mass is 19.1. The van der Waals surface area contributed by atoms with Gasteiger partial charge in [-0.1, -0.05) is 42.5 Å². The molecule has 0 radical (unpaired) electrons. The van der Waals surface area contributed by atoms with Crippen molar-refractivity contribution < 1.29 is 9.18 Å². The molecule has 0 atom stereocenters. The molecule has 3 aromatic rings. The van der Waals surface area contributed by atoms with Crippen molar-refractivity contribution in [1.82, 2.24) is 14.4 Å². The molecule has 154 valence electrons. The second-order valence-corrected chi connectivity index (χ2v) is 7.55. The van der Waals surface area contributed by atoms with Crippen LogP contribution < -0.4 is 5.43 Å². The third-order valence-electron chi connectivity index (χ3n) is 5.51. The second kappa shape index (κ2) is 8.63. The number of hydrogen-bond donors (Lipinski definition) is 0. The molecule has 1 fully saturated rings. The molecule has 1 aliphatic heterocycles. The van der Waals surface area contributed by atoms with Crippen molar-refractivity contribution in [2.75, 3.05) is 32.7 Å². The number of rotatable bonds is 4. The zero-order valence-electron chi connectivity index (χ0n) is 16.9. The third-order valence-corrected chi connectivity index (χ3v) is 5.51. The average molecular weight is 405 g/mol. The van der Waals surface area contributed by atoms with Gasteiger partial charge >= 0.3 is 0 Å². The van der Waals surface area contributed by atoms with Gasteiger partial charge in [0.15, 0.2) is 0 Å². The van der Waals surface area contributed by atoms with Gasteiger partial charge in [0.1, 0.15) is 11.4 Å². The van der Waals surface area contributed by atoms with Crippen molar-refractivity contribution in [1.29, 1.82) is 0 Å². The summed E-state index contributed by atoms with van der Waals surface area (Å²) < 4.78 is 15.3. The Morgan fingerprint density at radius 1 is 1.07 bits per heavy atom. The van der Waals surface area contributed by atoms with Gasteiger partial charge in [-0.15, -0.1) is 0 Å². The van der Waals surface area contributed by atoms with Crippen LogP contribution in [-0.2, 0) is 7.05 Å². The standard InChI is InChI=1S/C24H24FN3O2/c1-26-17-21(23(29)20-16-19(25)9-10-22(20)26)24(30)28-14-12-27(13-15-28)11-5-8-18-6-3-2-4-7-18/h2-10,16-17H,11-15H2,1H3/b8-5+. The van der Waals surface area contributed by atoms with Gasteiger partial charge in [-0.3, -0.25) is 14.5 Å². The number of nitrogens with zero attached hydrogens (tertiary/aromatic N) is 3. The van der Waals surface area contributed by atoms with Gasteiger partial charge in [-0.05, 0) is 23.8 Å². The largest absolute Gasteiger partial charge is 0.350 e. The van der Waals surface area contributed by atoms with Crippen LogP contribution in [0.1, 0.15) is 15.9 Å². The molecule has 0 N–H and O–H groups in total. The summed E-state index contributed by atoms with van der Waals surface area (Å²) in [6.45, 7) is 3.42. The molecule has 2 aromatic carbocycles. The lowest BCUT2D eigenvalue weighted by atomic mass is 10.1. The zero-order valence-corrected chi connectivity index (χ0v) is 16.9. The summed E-state index contributed by atoms with van der Waals surface area (Å²) in [5.74, 6) is -0.775. The third kappa shape index (κ3) is 4.19. The van der Waals surface area contributed by atoms with Crippen LogP contribution in [-0.4, -0.2) is 53.0 Å². The van der Waals surface area contributed by atoms with Crippen LogP contribution >= 0.6 is 0 Å². The number of hydrogen-bond acceptors (Lipinski definition) is 3. The molecule has 0 unspecified atom stereocenters. The molecule has 6 heteroatoms. The fourth-order valence-corrected chi connectivity index (χ4v) is 3.82. The van der Waals surface area contributed by atoms with Crippen LogP contribution in [0.5, 0.6) is 0 Å². The number of aryl methyl sites for hydroxylation is 1. The van der Waals surface area contributed by atoms with Gasteiger partial charge in [0.25, 0.3) is 5.91 Å². The van der Waals surface area contributed by atoms with Crippen molar-refractivity contribution in [3.63, 3.8) is 0 Å². The van der Waals surface area contributed by atoms with E-state index in [0.717, 1.165) is 25.2 Å². The summed E-state index contributed by atoms with van der Waals surface area (Å²) in [5, 5.41) is 0.230. The summed E-state index contributed by atoms with van der Waals surface area (Å²) in [6.07, 6.45) is 5.77. The van der Waals surface area contributed by atoms with Gasteiger partial charge in [-0.25, -0.2) is 4.39 Å². The average Bonchev–Trinajstić information content (AvgIpc) is 2.77. The molecule has 1 saturated heterocycles. The smallest absolute Gasteiger partial charge is 0.259 e. The maximum absolute atomic E-state index is 13.6. The molecule has 5 nitrogen and oxygen atoms in total. The zero-order chi connectivity index (χ0) is 21.1. The minimum Gasteiger partial charge on any atom is -0.350 e. The highest BCUT2D eigenvalue weighted by Gasteiger charge is 2.24. The molecule has 30 heavy (non-hydrogen) atoms. The predicted molar refractivity (Wildman–Crippen MR) is 117 cm³/mol. The lowest BCUT2D eigenvalue weighted by Gasteiger charge is -2.34. The number of amides is 1. The summed E-state index contributed by atoms with van der Waals surface area (Å²) in [6, 6.07) is 14.2. The molecule has 0 bridgehead atoms. The van der Waals surface area contributed by atoms with Crippen molar-refractivity contribution in [3.8, 4) is 0 Å². The molecule has 0 saturated carbocycles. The number of halogens is 1. The van der Waals surface area contributed by atoms with E-state index in [2.05, 4.69) is 29.2 Å². The van der Waals surface area contributed by atoms with Crippen LogP contribution in [0.2, 0.25) is 0 Å². The number of carbonyl (C=O) groups excluding carboxylic acids is 1. The Kier molecular flexibility index (Phi) is 5.77. The lowest BCUT2D eigenvalue weighted by Crippen LogP contribution is -2.49. The summed E-state index contributed by atoms with van der Waals surface area (Å²) in [7, 11) is 1.76. The monoisotopic (exact) mass is 405 g/mol. The minimum atomic E-state index is -0.485. The Hall–Kier alpha value is -3.25. The fourth-order valence-electron chi connectivity index (χ4n) is 3.82.